The molecule has 4 heteroatoms. The number of nitrogens with one attached hydrogen (secondary N) is 1. The van der Waals surface area contributed by atoms with Crippen LogP contribution >= 0.6 is 27.3 Å². The molecule has 1 aromatic heterocycles. The highest BCUT2D eigenvalue weighted by atomic mass is 79.9. The van der Waals surface area contributed by atoms with Gasteiger partial charge in [0, 0.05) is 34.2 Å². The highest BCUT2D eigenvalue weighted by molar-refractivity contribution is 9.10. The number of hydrogen-bond donors (Lipinski definition) is 2. The predicted octanol–water partition coefficient (Wildman–Crippen LogP) is 2.12. The van der Waals surface area contributed by atoms with Crippen molar-refractivity contribution in [1.29, 1.82) is 0 Å². The van der Waals surface area contributed by atoms with Gasteiger partial charge in [-0.3, -0.25) is 0 Å². The van der Waals surface area contributed by atoms with E-state index < -0.39 is 0 Å². The largest absolute Gasteiger partial charge is 0.329 e. The van der Waals surface area contributed by atoms with Crippen LogP contribution < -0.4 is 11.1 Å². The molecule has 0 fully saturated rings. The van der Waals surface area contributed by atoms with E-state index in [-0.39, 0.29) is 6.04 Å². The lowest BCUT2D eigenvalue weighted by Crippen LogP contribution is -2.28. The Morgan fingerprint density at radius 2 is 2.50 bits per heavy atom. The van der Waals surface area contributed by atoms with Crippen LogP contribution in [0.1, 0.15) is 17.3 Å². The fraction of sp³-hybridized carbons (Fsp3) is 0.400. The molecule has 14 heavy (non-hydrogen) atoms. The lowest BCUT2D eigenvalue weighted by molar-refractivity contribution is 0.558. The van der Waals surface area contributed by atoms with Crippen LogP contribution in [0.4, 0.5) is 0 Å². The molecule has 1 rings (SSSR count). The Morgan fingerprint density at radius 1 is 1.71 bits per heavy atom. The van der Waals surface area contributed by atoms with Crippen molar-refractivity contribution < 1.29 is 0 Å². The molecule has 0 aliphatic rings. The number of thiophene rings is 1. The normalized spacial score (nSPS) is 12.4. The number of nitrogens with two attached hydrogens (primary N) is 1. The van der Waals surface area contributed by atoms with Gasteiger partial charge in [-0.15, -0.1) is 23.7 Å². The fourth-order valence-electron chi connectivity index (χ4n) is 1.13. The van der Waals surface area contributed by atoms with Crippen LogP contribution in [0.5, 0.6) is 0 Å². The molecule has 0 saturated carbocycles. The van der Waals surface area contributed by atoms with Crippen LogP contribution in [0, 0.1) is 12.3 Å². The van der Waals surface area contributed by atoms with Gasteiger partial charge in [0.05, 0.1) is 6.04 Å². The van der Waals surface area contributed by atoms with Crippen molar-refractivity contribution in [2.75, 3.05) is 13.1 Å². The van der Waals surface area contributed by atoms with Gasteiger partial charge in [0.15, 0.2) is 0 Å². The summed E-state index contributed by atoms with van der Waals surface area (Å²) in [7, 11) is 0. The standard InChI is InChI=1S/C10H13BrN2S/c1-2-3-4-13-9(6-12)10-5-8(11)7-14-10/h1,5,7,9,13H,3-4,6,12H2. The molecule has 1 heterocycles. The second-order valence-electron chi connectivity index (χ2n) is 2.86. The molecule has 0 saturated heterocycles. The minimum absolute atomic E-state index is 0.222. The zero-order valence-electron chi connectivity index (χ0n) is 7.79. The van der Waals surface area contributed by atoms with Gasteiger partial charge >= 0.3 is 0 Å². The summed E-state index contributed by atoms with van der Waals surface area (Å²) in [6, 6.07) is 2.31. The number of terminal acetylenes is 1. The van der Waals surface area contributed by atoms with Crippen LogP contribution in [0.25, 0.3) is 0 Å². The third-order valence-electron chi connectivity index (χ3n) is 1.83. The maximum Gasteiger partial charge on any atom is 0.0540 e. The van der Waals surface area contributed by atoms with E-state index >= 15 is 0 Å². The number of hydrogen-bond acceptors (Lipinski definition) is 3. The average Bonchev–Trinajstić information content (AvgIpc) is 2.60. The molecule has 0 aliphatic heterocycles. The predicted molar refractivity (Wildman–Crippen MR) is 65.3 cm³/mol. The molecular formula is C10H13BrN2S. The van der Waals surface area contributed by atoms with Crippen molar-refractivity contribution in [3.8, 4) is 12.3 Å². The summed E-state index contributed by atoms with van der Waals surface area (Å²) < 4.78 is 1.11. The van der Waals surface area contributed by atoms with Gasteiger partial charge in [-0.05, 0) is 22.0 Å². The number of halogens is 1. The van der Waals surface area contributed by atoms with Gasteiger partial charge in [-0.2, -0.15) is 0 Å². The summed E-state index contributed by atoms with van der Waals surface area (Å²) in [4.78, 5) is 1.25. The van der Waals surface area contributed by atoms with Crippen LogP contribution in [0.3, 0.4) is 0 Å². The zero-order valence-corrected chi connectivity index (χ0v) is 10.2. The smallest absolute Gasteiger partial charge is 0.0540 e. The molecule has 2 nitrogen and oxygen atoms in total. The summed E-state index contributed by atoms with van der Waals surface area (Å²) in [6.07, 6.45) is 5.91. The Bertz CT molecular complexity index is 316. The van der Waals surface area contributed by atoms with Crippen LogP contribution in [0.2, 0.25) is 0 Å². The topological polar surface area (TPSA) is 38.0 Å². The first-order valence-corrected chi connectivity index (χ1v) is 6.06. The van der Waals surface area contributed by atoms with Gasteiger partial charge in [0.25, 0.3) is 0 Å². The van der Waals surface area contributed by atoms with Crippen LogP contribution in [-0.2, 0) is 0 Å². The highest BCUT2D eigenvalue weighted by Gasteiger charge is 2.10. The van der Waals surface area contributed by atoms with Crippen LogP contribution in [0.15, 0.2) is 15.9 Å². The van der Waals surface area contributed by atoms with Gasteiger partial charge in [-0.1, -0.05) is 0 Å². The van der Waals surface area contributed by atoms with E-state index in [2.05, 4.69) is 38.6 Å². The van der Waals surface area contributed by atoms with Crippen molar-refractivity contribution in [2.24, 2.45) is 5.73 Å². The van der Waals surface area contributed by atoms with E-state index in [4.69, 9.17) is 12.2 Å². The molecule has 3 N–H and O–H groups in total. The maximum absolute atomic E-state index is 5.67. The van der Waals surface area contributed by atoms with Crippen LogP contribution in [-0.4, -0.2) is 13.1 Å². The molecule has 1 unspecified atom stereocenters. The molecule has 1 atom stereocenters. The zero-order chi connectivity index (χ0) is 10.4. The van der Waals surface area contributed by atoms with E-state index in [9.17, 15) is 0 Å². The second-order valence-corrected chi connectivity index (χ2v) is 4.72. The highest BCUT2D eigenvalue weighted by Crippen LogP contribution is 2.24. The third-order valence-corrected chi connectivity index (χ3v) is 3.63. The SMILES string of the molecule is C#CCCNC(CN)c1cc(Br)cs1. The molecule has 76 valence electrons. The van der Waals surface area contributed by atoms with E-state index in [1.165, 1.54) is 4.88 Å². The maximum atomic E-state index is 5.67. The summed E-state index contributed by atoms with van der Waals surface area (Å²) in [5.74, 6) is 2.59. The Labute approximate surface area is 97.0 Å². The molecule has 0 radical (unpaired) electrons. The third kappa shape index (κ3) is 3.43. The summed E-state index contributed by atoms with van der Waals surface area (Å²) in [5.41, 5.74) is 5.67. The van der Waals surface area contributed by atoms with E-state index in [1.54, 1.807) is 11.3 Å². The quantitative estimate of drug-likeness (QED) is 0.637. The van der Waals surface area contributed by atoms with Crippen molar-refractivity contribution in [3.63, 3.8) is 0 Å². The Hall–Kier alpha value is -0.340. The van der Waals surface area contributed by atoms with Crippen molar-refractivity contribution >= 4 is 27.3 Å². The summed E-state index contributed by atoms with van der Waals surface area (Å²) >= 11 is 5.12. The summed E-state index contributed by atoms with van der Waals surface area (Å²) in [6.45, 7) is 1.41. The first kappa shape index (κ1) is 11.7. The van der Waals surface area contributed by atoms with Crippen molar-refractivity contribution in [1.82, 2.24) is 5.32 Å². The minimum atomic E-state index is 0.222. The van der Waals surface area contributed by atoms with E-state index in [1.807, 2.05) is 0 Å². The molecular weight excluding hydrogens is 260 g/mol. The first-order chi connectivity index (χ1) is 6.77. The van der Waals surface area contributed by atoms with Gasteiger partial charge in [0.2, 0.25) is 0 Å². The average molecular weight is 273 g/mol. The fourth-order valence-corrected chi connectivity index (χ4v) is 2.66. The second kappa shape index (κ2) is 6.20. The molecule has 0 spiro atoms. The Morgan fingerprint density at radius 3 is 3.00 bits per heavy atom. The lowest BCUT2D eigenvalue weighted by atomic mass is 10.2. The number of rotatable bonds is 5. The minimum Gasteiger partial charge on any atom is -0.329 e. The monoisotopic (exact) mass is 272 g/mol. The first-order valence-electron chi connectivity index (χ1n) is 4.38. The molecule has 0 aromatic carbocycles. The van der Waals surface area contributed by atoms with E-state index in [0.29, 0.717) is 6.54 Å². The lowest BCUT2D eigenvalue weighted by Gasteiger charge is -2.13. The molecule has 0 bridgehead atoms. The van der Waals surface area contributed by atoms with Crippen molar-refractivity contribution in [2.45, 2.75) is 12.5 Å². The van der Waals surface area contributed by atoms with Gasteiger partial charge < -0.3 is 11.1 Å². The Balaban J connectivity index is 2.50. The molecule has 1 aromatic rings. The molecule has 0 amide bonds. The van der Waals surface area contributed by atoms with Crippen molar-refractivity contribution in [3.05, 3.63) is 20.8 Å². The van der Waals surface area contributed by atoms with Gasteiger partial charge in [0.1, 0.15) is 0 Å². The summed E-state index contributed by atoms with van der Waals surface area (Å²) in [5, 5.41) is 5.38. The van der Waals surface area contributed by atoms with Gasteiger partial charge in [-0.25, -0.2) is 0 Å². The Kier molecular flexibility index (Phi) is 5.20. The van der Waals surface area contributed by atoms with E-state index in [0.717, 1.165) is 17.4 Å². The molecule has 0 aliphatic carbocycles.